The van der Waals surface area contributed by atoms with Crippen molar-refractivity contribution in [2.45, 2.75) is 24.3 Å². The van der Waals surface area contributed by atoms with Crippen LogP contribution in [0.4, 0.5) is 0 Å². The maximum Gasteiger partial charge on any atom is 0.246 e. The average Bonchev–Trinajstić information content (AvgIpc) is 3.11. The SMILES string of the molecule is COc1ccc(OC2CCN(S(=O)(=O)c3cc(C)ccc3OC)C2)nn1. The fourth-order valence-electron chi connectivity index (χ4n) is 2.79. The summed E-state index contributed by atoms with van der Waals surface area (Å²) in [6.45, 7) is 2.46. The van der Waals surface area contributed by atoms with E-state index in [4.69, 9.17) is 14.2 Å². The highest BCUT2D eigenvalue weighted by molar-refractivity contribution is 7.89. The highest BCUT2D eigenvalue weighted by Crippen LogP contribution is 2.30. The number of sulfonamides is 1. The molecule has 1 aromatic heterocycles. The van der Waals surface area contributed by atoms with E-state index in [-0.39, 0.29) is 17.5 Å². The van der Waals surface area contributed by atoms with E-state index in [0.29, 0.717) is 30.5 Å². The van der Waals surface area contributed by atoms with Crippen LogP contribution in [0.3, 0.4) is 0 Å². The van der Waals surface area contributed by atoms with Gasteiger partial charge in [0.1, 0.15) is 16.7 Å². The average molecular weight is 379 g/mol. The Kier molecular flexibility index (Phi) is 5.28. The van der Waals surface area contributed by atoms with Gasteiger partial charge in [-0.05, 0) is 31.0 Å². The van der Waals surface area contributed by atoms with Gasteiger partial charge in [-0.2, -0.15) is 4.31 Å². The lowest BCUT2D eigenvalue weighted by atomic mass is 10.2. The van der Waals surface area contributed by atoms with Gasteiger partial charge in [0.25, 0.3) is 0 Å². The molecule has 2 aromatic rings. The molecule has 0 radical (unpaired) electrons. The zero-order valence-electron chi connectivity index (χ0n) is 14.9. The van der Waals surface area contributed by atoms with Gasteiger partial charge in [0.15, 0.2) is 0 Å². The summed E-state index contributed by atoms with van der Waals surface area (Å²) in [5, 5.41) is 7.75. The van der Waals surface area contributed by atoms with E-state index in [1.807, 2.05) is 13.0 Å². The number of rotatable bonds is 6. The van der Waals surface area contributed by atoms with Crippen LogP contribution in [-0.2, 0) is 10.0 Å². The molecular weight excluding hydrogens is 358 g/mol. The first-order chi connectivity index (χ1) is 12.4. The van der Waals surface area contributed by atoms with Gasteiger partial charge >= 0.3 is 0 Å². The summed E-state index contributed by atoms with van der Waals surface area (Å²) in [4.78, 5) is 0.171. The summed E-state index contributed by atoms with van der Waals surface area (Å²) < 4.78 is 43.3. The molecule has 0 spiro atoms. The largest absolute Gasteiger partial charge is 0.495 e. The molecule has 0 amide bonds. The van der Waals surface area contributed by atoms with E-state index < -0.39 is 10.0 Å². The van der Waals surface area contributed by atoms with Crippen molar-refractivity contribution < 1.29 is 22.6 Å². The van der Waals surface area contributed by atoms with Crippen molar-refractivity contribution in [1.29, 1.82) is 0 Å². The molecule has 0 N–H and O–H groups in total. The Labute approximate surface area is 152 Å². The smallest absolute Gasteiger partial charge is 0.246 e. The zero-order chi connectivity index (χ0) is 18.7. The minimum atomic E-state index is -3.67. The predicted molar refractivity (Wildman–Crippen MR) is 94.1 cm³/mol. The Balaban J connectivity index is 1.74. The molecule has 2 heterocycles. The first-order valence-corrected chi connectivity index (χ1v) is 9.57. The predicted octanol–water partition coefficient (Wildman–Crippen LogP) is 1.64. The molecule has 1 saturated heterocycles. The topological polar surface area (TPSA) is 90.9 Å². The summed E-state index contributed by atoms with van der Waals surface area (Å²) in [6, 6.07) is 8.39. The monoisotopic (exact) mass is 379 g/mol. The standard InChI is InChI=1S/C17H21N3O5S/c1-12-4-5-14(23-2)15(10-12)26(21,22)20-9-8-13(11-20)25-17-7-6-16(24-3)18-19-17/h4-7,10,13H,8-9,11H2,1-3H3. The normalized spacial score (nSPS) is 17.9. The van der Waals surface area contributed by atoms with Crippen LogP contribution < -0.4 is 14.2 Å². The van der Waals surface area contributed by atoms with Crippen LogP contribution in [0.25, 0.3) is 0 Å². The van der Waals surface area contributed by atoms with Gasteiger partial charge in [-0.1, -0.05) is 6.07 Å². The third-order valence-corrected chi connectivity index (χ3v) is 6.04. The second-order valence-electron chi connectivity index (χ2n) is 5.96. The van der Waals surface area contributed by atoms with Gasteiger partial charge in [0.2, 0.25) is 21.8 Å². The molecule has 9 heteroatoms. The Morgan fingerprint density at radius 3 is 2.46 bits per heavy atom. The molecule has 3 rings (SSSR count). The van der Waals surface area contributed by atoms with Gasteiger partial charge in [0.05, 0.1) is 20.8 Å². The second-order valence-corrected chi connectivity index (χ2v) is 7.87. The molecule has 1 atom stereocenters. The van der Waals surface area contributed by atoms with E-state index in [1.54, 1.807) is 24.3 Å². The van der Waals surface area contributed by atoms with Crippen molar-refractivity contribution in [3.05, 3.63) is 35.9 Å². The number of methoxy groups -OCH3 is 2. The Morgan fingerprint density at radius 1 is 1.08 bits per heavy atom. The maximum atomic E-state index is 13.0. The third-order valence-electron chi connectivity index (χ3n) is 4.16. The van der Waals surface area contributed by atoms with Gasteiger partial charge in [-0.3, -0.25) is 0 Å². The lowest BCUT2D eigenvalue weighted by Crippen LogP contribution is -2.31. The highest BCUT2D eigenvalue weighted by atomic mass is 32.2. The number of hydrogen-bond donors (Lipinski definition) is 0. The number of nitrogens with zero attached hydrogens (tertiary/aromatic N) is 3. The van der Waals surface area contributed by atoms with Crippen LogP contribution >= 0.6 is 0 Å². The quantitative estimate of drug-likeness (QED) is 0.753. The van der Waals surface area contributed by atoms with Crippen LogP contribution in [0.1, 0.15) is 12.0 Å². The first-order valence-electron chi connectivity index (χ1n) is 8.13. The summed E-state index contributed by atoms with van der Waals surface area (Å²) >= 11 is 0. The van der Waals surface area contributed by atoms with Crippen LogP contribution in [0.15, 0.2) is 35.2 Å². The number of aromatic nitrogens is 2. The molecule has 1 aromatic carbocycles. The molecule has 140 valence electrons. The highest BCUT2D eigenvalue weighted by Gasteiger charge is 2.35. The van der Waals surface area contributed by atoms with Crippen LogP contribution in [0.2, 0.25) is 0 Å². The molecule has 8 nitrogen and oxygen atoms in total. The molecule has 1 aliphatic rings. The van der Waals surface area contributed by atoms with Crippen molar-refractivity contribution in [1.82, 2.24) is 14.5 Å². The summed E-state index contributed by atoms with van der Waals surface area (Å²) in [5.74, 6) is 1.06. The van der Waals surface area contributed by atoms with Crippen molar-refractivity contribution in [2.24, 2.45) is 0 Å². The molecule has 0 saturated carbocycles. The fraction of sp³-hybridized carbons (Fsp3) is 0.412. The maximum absolute atomic E-state index is 13.0. The molecule has 1 unspecified atom stereocenters. The van der Waals surface area contributed by atoms with Gasteiger partial charge < -0.3 is 14.2 Å². The Bertz CT molecular complexity index is 870. The van der Waals surface area contributed by atoms with Gasteiger partial charge in [-0.15, -0.1) is 10.2 Å². The van der Waals surface area contributed by atoms with Crippen molar-refractivity contribution >= 4 is 10.0 Å². The summed E-state index contributed by atoms with van der Waals surface area (Å²) in [5.41, 5.74) is 0.852. The van der Waals surface area contributed by atoms with E-state index in [0.717, 1.165) is 5.56 Å². The van der Waals surface area contributed by atoms with Crippen molar-refractivity contribution in [2.75, 3.05) is 27.3 Å². The van der Waals surface area contributed by atoms with Crippen molar-refractivity contribution in [3.8, 4) is 17.5 Å². The Hall–Kier alpha value is -2.39. The summed E-state index contributed by atoms with van der Waals surface area (Å²) in [6.07, 6.45) is 0.282. The molecular formula is C17H21N3O5S. The minimum absolute atomic E-state index is 0.171. The zero-order valence-corrected chi connectivity index (χ0v) is 15.7. The lowest BCUT2D eigenvalue weighted by molar-refractivity contribution is 0.203. The van der Waals surface area contributed by atoms with E-state index in [1.165, 1.54) is 18.5 Å². The number of ether oxygens (including phenoxy) is 3. The number of aryl methyl sites for hydroxylation is 1. The van der Waals surface area contributed by atoms with Crippen LogP contribution in [0.5, 0.6) is 17.5 Å². The third kappa shape index (κ3) is 3.73. The van der Waals surface area contributed by atoms with Crippen LogP contribution in [0, 0.1) is 6.92 Å². The van der Waals surface area contributed by atoms with E-state index in [9.17, 15) is 8.42 Å². The first kappa shape index (κ1) is 18.4. The molecule has 1 aliphatic heterocycles. The molecule has 26 heavy (non-hydrogen) atoms. The minimum Gasteiger partial charge on any atom is -0.495 e. The van der Waals surface area contributed by atoms with Gasteiger partial charge in [-0.25, -0.2) is 8.42 Å². The van der Waals surface area contributed by atoms with Crippen molar-refractivity contribution in [3.63, 3.8) is 0 Å². The fourth-order valence-corrected chi connectivity index (χ4v) is 4.51. The van der Waals surface area contributed by atoms with E-state index in [2.05, 4.69) is 10.2 Å². The number of hydrogen-bond acceptors (Lipinski definition) is 7. The van der Waals surface area contributed by atoms with E-state index >= 15 is 0 Å². The lowest BCUT2D eigenvalue weighted by Gasteiger charge is -2.19. The van der Waals surface area contributed by atoms with Gasteiger partial charge in [0, 0.05) is 18.7 Å². The molecule has 0 aliphatic carbocycles. The van der Waals surface area contributed by atoms with Crippen LogP contribution in [-0.4, -0.2) is 56.3 Å². The summed E-state index contributed by atoms with van der Waals surface area (Å²) in [7, 11) is -0.703. The number of benzene rings is 1. The molecule has 1 fully saturated rings. The Morgan fingerprint density at radius 2 is 1.81 bits per heavy atom. The molecule has 0 bridgehead atoms. The second kappa shape index (κ2) is 7.46.